The van der Waals surface area contributed by atoms with Gasteiger partial charge in [0.15, 0.2) is 11.5 Å². The number of thiophene rings is 1. The highest BCUT2D eigenvalue weighted by atomic mass is 79.9. The molecule has 7 heteroatoms. The van der Waals surface area contributed by atoms with Gasteiger partial charge in [-0.05, 0) is 71.6 Å². The SMILES string of the molecule is Brc1ccc2scc(Br)c2c1.CCCCCCCC[S+]([O-])C(C)Cc1ccc2c(c1)OCO2. The third-order valence-electron chi connectivity index (χ3n) is 5.60. The van der Waals surface area contributed by atoms with Crippen molar-refractivity contribution in [2.45, 2.75) is 64.0 Å². The minimum atomic E-state index is -0.743. The zero-order chi connectivity index (χ0) is 23.6. The van der Waals surface area contributed by atoms with E-state index in [0.717, 1.165) is 34.6 Å². The molecular formula is C26H32Br2O3S2. The third kappa shape index (κ3) is 8.46. The Morgan fingerprint density at radius 1 is 1.00 bits per heavy atom. The van der Waals surface area contributed by atoms with E-state index in [-0.39, 0.29) is 5.25 Å². The zero-order valence-electron chi connectivity index (χ0n) is 19.3. The van der Waals surface area contributed by atoms with Crippen LogP contribution in [0.2, 0.25) is 0 Å². The molecule has 3 aromatic rings. The van der Waals surface area contributed by atoms with Gasteiger partial charge in [0, 0.05) is 30.8 Å². The first-order valence-corrected chi connectivity index (χ1v) is 15.4. The van der Waals surface area contributed by atoms with E-state index >= 15 is 0 Å². The fourth-order valence-corrected chi connectivity index (χ4v) is 6.86. The Bertz CT molecular complexity index is 1010. The van der Waals surface area contributed by atoms with Gasteiger partial charge in [-0.15, -0.1) is 11.3 Å². The molecule has 1 aliphatic rings. The fraction of sp³-hybridized carbons (Fsp3) is 0.462. The van der Waals surface area contributed by atoms with E-state index in [2.05, 4.69) is 69.3 Å². The summed E-state index contributed by atoms with van der Waals surface area (Å²) in [5.74, 6) is 2.45. The van der Waals surface area contributed by atoms with Gasteiger partial charge in [0.2, 0.25) is 6.79 Å². The molecule has 0 bridgehead atoms. The lowest BCUT2D eigenvalue weighted by molar-refractivity contribution is 0.174. The highest BCUT2D eigenvalue weighted by molar-refractivity contribution is 9.11. The summed E-state index contributed by atoms with van der Waals surface area (Å²) in [6.07, 6.45) is 8.32. The third-order valence-corrected chi connectivity index (χ3v) is 9.77. The minimum Gasteiger partial charge on any atom is -0.616 e. The number of rotatable bonds is 10. The van der Waals surface area contributed by atoms with E-state index in [1.807, 2.05) is 18.2 Å². The normalized spacial score (nSPS) is 14.1. The van der Waals surface area contributed by atoms with Crippen LogP contribution in [0.25, 0.3) is 10.1 Å². The molecule has 0 fully saturated rings. The monoisotopic (exact) mass is 614 g/mol. The average molecular weight is 616 g/mol. The molecule has 33 heavy (non-hydrogen) atoms. The van der Waals surface area contributed by atoms with Gasteiger partial charge < -0.3 is 14.0 Å². The van der Waals surface area contributed by atoms with Crippen molar-refractivity contribution in [2.75, 3.05) is 12.5 Å². The Labute approximate surface area is 221 Å². The molecule has 0 aliphatic carbocycles. The second-order valence-electron chi connectivity index (χ2n) is 8.28. The van der Waals surface area contributed by atoms with E-state index in [1.54, 1.807) is 11.3 Å². The summed E-state index contributed by atoms with van der Waals surface area (Å²) >= 11 is 7.94. The minimum absolute atomic E-state index is 0.191. The number of benzene rings is 2. The van der Waals surface area contributed by atoms with Gasteiger partial charge in [-0.3, -0.25) is 0 Å². The second kappa shape index (κ2) is 14.0. The molecule has 2 aromatic carbocycles. The van der Waals surface area contributed by atoms with Crippen molar-refractivity contribution < 1.29 is 14.0 Å². The summed E-state index contributed by atoms with van der Waals surface area (Å²) in [5.41, 5.74) is 1.17. The van der Waals surface area contributed by atoms with Gasteiger partial charge in [-0.2, -0.15) is 0 Å². The lowest BCUT2D eigenvalue weighted by Crippen LogP contribution is -2.23. The van der Waals surface area contributed by atoms with Crippen molar-refractivity contribution in [1.82, 2.24) is 0 Å². The van der Waals surface area contributed by atoms with Gasteiger partial charge in [-0.25, -0.2) is 0 Å². The van der Waals surface area contributed by atoms with Crippen LogP contribution in [0, 0.1) is 0 Å². The zero-order valence-corrected chi connectivity index (χ0v) is 24.1. The Kier molecular flexibility index (Phi) is 11.4. The predicted octanol–water partition coefficient (Wildman–Crippen LogP) is 8.88. The summed E-state index contributed by atoms with van der Waals surface area (Å²) in [7, 11) is 0. The first kappa shape index (κ1) is 26.9. The lowest BCUT2D eigenvalue weighted by Gasteiger charge is -2.18. The van der Waals surface area contributed by atoms with Crippen molar-refractivity contribution in [3.8, 4) is 11.5 Å². The maximum absolute atomic E-state index is 12.3. The molecule has 2 unspecified atom stereocenters. The second-order valence-corrected chi connectivity index (χ2v) is 12.9. The van der Waals surface area contributed by atoms with Gasteiger partial charge in [-0.1, -0.05) is 65.8 Å². The summed E-state index contributed by atoms with van der Waals surface area (Å²) in [5, 5.41) is 3.58. The fourth-order valence-electron chi connectivity index (χ4n) is 3.69. The summed E-state index contributed by atoms with van der Waals surface area (Å²) in [6.45, 7) is 4.61. The molecule has 0 radical (unpaired) electrons. The molecule has 2 heterocycles. The summed E-state index contributed by atoms with van der Waals surface area (Å²) in [6, 6.07) is 12.3. The molecule has 4 rings (SSSR count). The highest BCUT2D eigenvalue weighted by Gasteiger charge is 2.19. The van der Waals surface area contributed by atoms with E-state index in [1.165, 1.54) is 52.2 Å². The highest BCUT2D eigenvalue weighted by Crippen LogP contribution is 2.33. The van der Waals surface area contributed by atoms with Gasteiger partial charge >= 0.3 is 0 Å². The Morgan fingerprint density at radius 2 is 1.76 bits per heavy atom. The van der Waals surface area contributed by atoms with Crippen LogP contribution in [0.1, 0.15) is 57.9 Å². The van der Waals surface area contributed by atoms with Crippen LogP contribution < -0.4 is 9.47 Å². The van der Waals surface area contributed by atoms with Crippen molar-refractivity contribution in [3.63, 3.8) is 0 Å². The molecule has 1 aliphatic heterocycles. The van der Waals surface area contributed by atoms with Crippen molar-refractivity contribution in [3.05, 3.63) is 56.3 Å². The Hall–Kier alpha value is -0.730. The van der Waals surface area contributed by atoms with Crippen molar-refractivity contribution >= 4 is 64.5 Å². The van der Waals surface area contributed by atoms with Crippen molar-refractivity contribution in [2.24, 2.45) is 0 Å². The number of hydrogen-bond acceptors (Lipinski definition) is 4. The molecule has 0 saturated carbocycles. The molecule has 0 N–H and O–H groups in total. The maximum atomic E-state index is 12.3. The van der Waals surface area contributed by atoms with E-state index in [0.29, 0.717) is 6.79 Å². The van der Waals surface area contributed by atoms with Crippen LogP contribution in [-0.4, -0.2) is 22.3 Å². The largest absolute Gasteiger partial charge is 0.616 e. The molecule has 0 spiro atoms. The molecule has 180 valence electrons. The van der Waals surface area contributed by atoms with Crippen LogP contribution >= 0.6 is 43.2 Å². The molecule has 0 amide bonds. The van der Waals surface area contributed by atoms with Gasteiger partial charge in [0.1, 0.15) is 11.0 Å². The topological polar surface area (TPSA) is 41.5 Å². The Balaban J connectivity index is 0.000000231. The van der Waals surface area contributed by atoms with Crippen LogP contribution in [0.5, 0.6) is 11.5 Å². The van der Waals surface area contributed by atoms with E-state index in [4.69, 9.17) is 9.47 Å². The van der Waals surface area contributed by atoms with Crippen LogP contribution in [0.4, 0.5) is 0 Å². The first-order valence-electron chi connectivity index (χ1n) is 11.6. The van der Waals surface area contributed by atoms with Gasteiger partial charge in [0.05, 0.1) is 0 Å². The van der Waals surface area contributed by atoms with Crippen LogP contribution in [-0.2, 0) is 17.6 Å². The molecule has 3 nitrogen and oxygen atoms in total. The number of halogens is 2. The molecule has 1 aromatic heterocycles. The number of hydrogen-bond donors (Lipinski definition) is 0. The first-order chi connectivity index (χ1) is 16.0. The Morgan fingerprint density at radius 3 is 2.58 bits per heavy atom. The van der Waals surface area contributed by atoms with Crippen LogP contribution in [0.15, 0.2) is 50.7 Å². The summed E-state index contributed by atoms with van der Waals surface area (Å²) in [4.78, 5) is 0. The smallest absolute Gasteiger partial charge is 0.231 e. The van der Waals surface area contributed by atoms with E-state index < -0.39 is 11.2 Å². The summed E-state index contributed by atoms with van der Waals surface area (Å²) < 4.78 is 26.7. The van der Waals surface area contributed by atoms with Gasteiger partial charge in [0.25, 0.3) is 0 Å². The molecular weight excluding hydrogens is 584 g/mol. The molecule has 0 saturated heterocycles. The molecule has 2 atom stereocenters. The number of unbranched alkanes of at least 4 members (excludes halogenated alkanes) is 5. The average Bonchev–Trinajstić information content (AvgIpc) is 3.42. The quantitative estimate of drug-likeness (QED) is 0.169. The van der Waals surface area contributed by atoms with Crippen LogP contribution in [0.3, 0.4) is 0 Å². The van der Waals surface area contributed by atoms with E-state index in [9.17, 15) is 4.55 Å². The standard InChI is InChI=1S/C18H28O3S.C8H4Br2S/c1-3-4-5-6-7-8-11-22(19)15(2)12-16-9-10-17-18(13-16)21-14-20-17;9-5-1-2-8-6(3-5)7(10)4-11-8/h9-10,13,15H,3-8,11-12,14H2,1-2H3;1-4H. The number of fused-ring (bicyclic) bond motifs is 2. The lowest BCUT2D eigenvalue weighted by atomic mass is 10.1. The van der Waals surface area contributed by atoms with Crippen molar-refractivity contribution in [1.29, 1.82) is 0 Å². The number of ether oxygens (including phenoxy) is 2. The predicted molar refractivity (Wildman–Crippen MR) is 149 cm³/mol. The maximum Gasteiger partial charge on any atom is 0.231 e.